The van der Waals surface area contributed by atoms with Crippen molar-refractivity contribution < 1.29 is 14.3 Å². The summed E-state index contributed by atoms with van der Waals surface area (Å²) in [5.41, 5.74) is 9.35. The van der Waals surface area contributed by atoms with E-state index in [4.69, 9.17) is 36.8 Å². The molecule has 0 spiro atoms. The number of hydrogen-bond acceptors (Lipinski definition) is 11. The summed E-state index contributed by atoms with van der Waals surface area (Å²) in [6, 6.07) is 18.7. The van der Waals surface area contributed by atoms with Gasteiger partial charge in [0.2, 0.25) is 0 Å². The third kappa shape index (κ3) is 7.32. The molecule has 1 saturated heterocycles. The first-order valence-electron chi connectivity index (χ1n) is 14.0. The molecule has 0 aliphatic carbocycles. The van der Waals surface area contributed by atoms with Gasteiger partial charge in [-0.3, -0.25) is 4.79 Å². The molecule has 0 radical (unpaired) electrons. The second-order valence-electron chi connectivity index (χ2n) is 10.1. The topological polar surface area (TPSA) is 138 Å². The van der Waals surface area contributed by atoms with Gasteiger partial charge in [-0.1, -0.05) is 47.6 Å². The number of benzene rings is 2. The Morgan fingerprint density at radius 1 is 1.05 bits per heavy atom. The van der Waals surface area contributed by atoms with E-state index in [9.17, 15) is 15.3 Å². The number of esters is 1. The maximum absolute atomic E-state index is 11.6. The van der Waals surface area contributed by atoms with Crippen molar-refractivity contribution in [1.29, 1.82) is 10.5 Å². The molecule has 2 aromatic heterocycles. The zero-order valence-corrected chi connectivity index (χ0v) is 26.3. The first-order chi connectivity index (χ1) is 21.4. The molecule has 224 valence electrons. The van der Waals surface area contributed by atoms with Crippen LogP contribution in [0.1, 0.15) is 36.6 Å². The van der Waals surface area contributed by atoms with Gasteiger partial charge >= 0.3 is 5.97 Å². The van der Waals surface area contributed by atoms with E-state index in [0.717, 1.165) is 42.2 Å². The number of anilines is 1. The number of nitriles is 2. The lowest BCUT2D eigenvalue weighted by molar-refractivity contribution is -0.145. The Balaban J connectivity index is 1.42. The van der Waals surface area contributed by atoms with Crippen LogP contribution in [0.5, 0.6) is 5.75 Å². The molecule has 0 saturated carbocycles. The van der Waals surface area contributed by atoms with Crippen molar-refractivity contribution in [2.45, 2.75) is 36.6 Å². The van der Waals surface area contributed by atoms with Gasteiger partial charge in [0.1, 0.15) is 58.6 Å². The van der Waals surface area contributed by atoms with Gasteiger partial charge in [-0.05, 0) is 49.6 Å². The number of rotatable bonds is 11. The smallest absolute Gasteiger partial charge is 0.322 e. The van der Waals surface area contributed by atoms with E-state index < -0.39 is 12.0 Å². The van der Waals surface area contributed by atoms with Crippen LogP contribution >= 0.6 is 34.7 Å². The lowest BCUT2D eigenvalue weighted by atomic mass is 9.96. The number of nitrogens with two attached hydrogens (primary N) is 1. The van der Waals surface area contributed by atoms with E-state index in [0.29, 0.717) is 49.6 Å². The van der Waals surface area contributed by atoms with Gasteiger partial charge in [0.25, 0.3) is 0 Å². The molecule has 1 unspecified atom stereocenters. The molecule has 3 heterocycles. The fourth-order valence-corrected chi connectivity index (χ4v) is 6.64. The number of aromatic nitrogens is 2. The molecule has 5 rings (SSSR count). The summed E-state index contributed by atoms with van der Waals surface area (Å²) in [6.45, 7) is 3.39. The van der Waals surface area contributed by atoms with Crippen molar-refractivity contribution in [2.24, 2.45) is 5.73 Å². The molecule has 44 heavy (non-hydrogen) atoms. The standard InChI is InChI=1S/C32H29ClN6O3S2/c1-20(36)32(40)42-15-14-41-25-10-6-21(7-11-25)28-26(16-34)29(39-12-2-3-13-39)38-31(27(28)17-35)44-19-24-18-43-30(37-24)22-4-8-23(33)9-5-22/h4-11,18,20H,2-3,12-15,19,36H2,1H3. The highest BCUT2D eigenvalue weighted by Gasteiger charge is 2.26. The van der Waals surface area contributed by atoms with Gasteiger partial charge in [-0.15, -0.1) is 11.3 Å². The van der Waals surface area contributed by atoms with E-state index in [2.05, 4.69) is 17.0 Å². The molecule has 9 nitrogen and oxygen atoms in total. The maximum atomic E-state index is 11.6. The average molecular weight is 645 g/mol. The Bertz CT molecular complexity index is 1710. The van der Waals surface area contributed by atoms with Crippen molar-refractivity contribution in [3.8, 4) is 39.6 Å². The minimum Gasteiger partial charge on any atom is -0.490 e. The van der Waals surface area contributed by atoms with Gasteiger partial charge in [-0.2, -0.15) is 10.5 Å². The Labute approximate surface area is 269 Å². The molecule has 1 fully saturated rings. The molecule has 2 aromatic carbocycles. The number of thioether (sulfide) groups is 1. The van der Waals surface area contributed by atoms with Gasteiger partial charge in [0.15, 0.2) is 0 Å². The summed E-state index contributed by atoms with van der Waals surface area (Å²) in [5.74, 6) is 1.18. The summed E-state index contributed by atoms with van der Waals surface area (Å²) in [6.07, 6.45) is 2.03. The maximum Gasteiger partial charge on any atom is 0.322 e. The number of nitrogens with zero attached hydrogens (tertiary/aromatic N) is 5. The van der Waals surface area contributed by atoms with Crippen LogP contribution in [0.25, 0.3) is 21.7 Å². The first-order valence-corrected chi connectivity index (χ1v) is 16.2. The SMILES string of the molecule is CC(N)C(=O)OCCOc1ccc(-c2c(C#N)c(SCc3csc(-c4ccc(Cl)cc4)n3)nc(N3CCCC3)c2C#N)cc1. The van der Waals surface area contributed by atoms with Gasteiger partial charge in [0, 0.05) is 40.4 Å². The molecule has 1 aliphatic heterocycles. The molecule has 1 atom stereocenters. The minimum absolute atomic E-state index is 0.0730. The monoisotopic (exact) mass is 644 g/mol. The van der Waals surface area contributed by atoms with E-state index >= 15 is 0 Å². The van der Waals surface area contributed by atoms with E-state index in [1.165, 1.54) is 11.8 Å². The fraction of sp³-hybridized carbons (Fsp3) is 0.281. The minimum atomic E-state index is -0.694. The van der Waals surface area contributed by atoms with Crippen molar-refractivity contribution >= 4 is 46.5 Å². The van der Waals surface area contributed by atoms with E-state index in [-0.39, 0.29) is 13.2 Å². The molecule has 0 bridgehead atoms. The van der Waals surface area contributed by atoms with Gasteiger partial charge < -0.3 is 20.1 Å². The normalized spacial score (nSPS) is 13.2. The lowest BCUT2D eigenvalue weighted by Gasteiger charge is -2.22. The first kappa shape index (κ1) is 31.3. The third-order valence-electron chi connectivity index (χ3n) is 6.88. The van der Waals surface area contributed by atoms with Crippen LogP contribution in [0.15, 0.2) is 58.9 Å². The summed E-state index contributed by atoms with van der Waals surface area (Å²) in [7, 11) is 0. The molecule has 4 aromatic rings. The number of halogens is 1. The molecule has 1 aliphatic rings. The number of pyridine rings is 1. The Kier molecular flexibility index (Phi) is 10.4. The van der Waals surface area contributed by atoms with Crippen molar-refractivity contribution in [3.63, 3.8) is 0 Å². The number of hydrogen-bond donors (Lipinski definition) is 1. The summed E-state index contributed by atoms with van der Waals surface area (Å²) in [5, 5.41) is 24.8. The highest BCUT2D eigenvalue weighted by atomic mass is 35.5. The number of thiazole rings is 1. The predicted molar refractivity (Wildman–Crippen MR) is 173 cm³/mol. The quantitative estimate of drug-likeness (QED) is 0.110. The fourth-order valence-electron chi connectivity index (χ4n) is 4.70. The third-order valence-corrected chi connectivity index (χ3v) is 9.09. The largest absolute Gasteiger partial charge is 0.490 e. The average Bonchev–Trinajstić information content (AvgIpc) is 3.75. The molecular formula is C32H29ClN6O3S2. The van der Waals surface area contributed by atoms with Crippen molar-refractivity contribution in [1.82, 2.24) is 9.97 Å². The summed E-state index contributed by atoms with van der Waals surface area (Å²) in [4.78, 5) is 23.4. The lowest BCUT2D eigenvalue weighted by Crippen LogP contribution is -2.29. The Hall–Kier alpha value is -4.13. The predicted octanol–water partition coefficient (Wildman–Crippen LogP) is 6.43. The second-order valence-corrected chi connectivity index (χ2v) is 12.3. The zero-order valence-electron chi connectivity index (χ0n) is 24.0. The van der Waals surface area contributed by atoms with Gasteiger partial charge in [0.05, 0.1) is 11.3 Å². The molecule has 0 amide bonds. The number of carbonyl (C=O) groups is 1. The molecule has 12 heteroatoms. The van der Waals surface area contributed by atoms with Crippen molar-refractivity contribution in [2.75, 3.05) is 31.2 Å². The number of carbonyl (C=O) groups excluding carboxylic acids is 1. The van der Waals surface area contributed by atoms with E-state index in [1.54, 1.807) is 30.4 Å². The highest BCUT2D eigenvalue weighted by Crippen LogP contribution is 2.40. The Morgan fingerprint density at radius 2 is 1.73 bits per heavy atom. The summed E-state index contributed by atoms with van der Waals surface area (Å²) < 4.78 is 10.8. The number of ether oxygens (including phenoxy) is 2. The van der Waals surface area contributed by atoms with Crippen LogP contribution in [-0.2, 0) is 15.3 Å². The zero-order chi connectivity index (χ0) is 31.1. The van der Waals surface area contributed by atoms with Gasteiger partial charge in [-0.25, -0.2) is 9.97 Å². The molecule has 2 N–H and O–H groups in total. The molecular weight excluding hydrogens is 616 g/mol. The van der Waals surface area contributed by atoms with Crippen LogP contribution in [-0.4, -0.2) is 48.3 Å². The van der Waals surface area contributed by atoms with Crippen LogP contribution in [0.2, 0.25) is 5.02 Å². The van der Waals surface area contributed by atoms with Crippen LogP contribution in [0, 0.1) is 22.7 Å². The summed E-state index contributed by atoms with van der Waals surface area (Å²) >= 11 is 9.02. The van der Waals surface area contributed by atoms with Crippen LogP contribution in [0.4, 0.5) is 5.82 Å². The highest BCUT2D eigenvalue weighted by molar-refractivity contribution is 7.98. The van der Waals surface area contributed by atoms with Crippen LogP contribution < -0.4 is 15.4 Å². The second kappa shape index (κ2) is 14.6. The van der Waals surface area contributed by atoms with E-state index in [1.807, 2.05) is 41.8 Å². The Morgan fingerprint density at radius 3 is 2.39 bits per heavy atom. The van der Waals surface area contributed by atoms with Crippen molar-refractivity contribution in [3.05, 3.63) is 75.8 Å². The van der Waals surface area contributed by atoms with Crippen LogP contribution in [0.3, 0.4) is 0 Å².